The van der Waals surface area contributed by atoms with E-state index in [-0.39, 0.29) is 28.7 Å². The number of aromatic nitrogens is 3. The summed E-state index contributed by atoms with van der Waals surface area (Å²) in [5.74, 6) is 0.470. The van der Waals surface area contributed by atoms with Crippen LogP contribution in [0.3, 0.4) is 0 Å². The van der Waals surface area contributed by atoms with Gasteiger partial charge in [-0.1, -0.05) is 11.6 Å². The fourth-order valence-electron chi connectivity index (χ4n) is 3.80. The average Bonchev–Trinajstić information content (AvgIpc) is 3.51. The van der Waals surface area contributed by atoms with E-state index in [4.69, 9.17) is 25.8 Å². The van der Waals surface area contributed by atoms with Gasteiger partial charge in [-0.3, -0.25) is 0 Å². The van der Waals surface area contributed by atoms with E-state index in [1.165, 1.54) is 6.33 Å². The molecule has 2 fully saturated rings. The fourth-order valence-corrected chi connectivity index (χ4v) is 4.02. The Morgan fingerprint density at radius 2 is 2.16 bits per heavy atom. The molecule has 2 aliphatic rings. The number of hydrogen-bond acceptors (Lipinski definition) is 8. The molecule has 0 amide bonds. The van der Waals surface area contributed by atoms with Crippen LogP contribution in [0, 0.1) is 5.82 Å². The number of nitrogens with zero attached hydrogens (tertiary/aromatic N) is 3. The molecule has 32 heavy (non-hydrogen) atoms. The highest BCUT2D eigenvalue weighted by molar-refractivity contribution is 6.32. The maximum Gasteiger partial charge on any atom is 0.214 e. The predicted molar refractivity (Wildman–Crippen MR) is 118 cm³/mol. The van der Waals surface area contributed by atoms with Crippen LogP contribution in [0.5, 0.6) is 11.6 Å². The largest absolute Gasteiger partial charge is 0.489 e. The molecule has 3 aromatic rings. The molecular weight excluding hydrogens is 437 g/mol. The average molecular weight is 460 g/mol. The number of pyridine rings is 1. The Bertz CT molecular complexity index is 1110. The molecule has 4 heterocycles. The molecule has 8 nitrogen and oxygen atoms in total. The number of fused-ring (bicyclic) bond motifs is 1. The third-order valence-electron chi connectivity index (χ3n) is 5.51. The van der Waals surface area contributed by atoms with Crippen LogP contribution in [-0.4, -0.2) is 53.5 Å². The van der Waals surface area contributed by atoms with Crippen molar-refractivity contribution in [1.82, 2.24) is 20.3 Å². The molecule has 0 aliphatic carbocycles. The number of nitrogens with one attached hydrogen (secondary N) is 2. The zero-order valence-corrected chi connectivity index (χ0v) is 18.1. The molecule has 0 spiro atoms. The topological polar surface area (TPSA) is 90.4 Å². The van der Waals surface area contributed by atoms with E-state index in [1.807, 2.05) is 0 Å². The molecule has 2 aliphatic heterocycles. The van der Waals surface area contributed by atoms with Crippen LogP contribution in [0.25, 0.3) is 11.0 Å². The van der Waals surface area contributed by atoms with Crippen LogP contribution in [0.1, 0.15) is 19.3 Å². The summed E-state index contributed by atoms with van der Waals surface area (Å²) in [6.45, 7) is 2.76. The van der Waals surface area contributed by atoms with E-state index < -0.39 is 5.82 Å². The molecule has 1 aromatic carbocycles. The Hall–Kier alpha value is -2.75. The van der Waals surface area contributed by atoms with Gasteiger partial charge in [0.2, 0.25) is 5.88 Å². The van der Waals surface area contributed by atoms with Gasteiger partial charge in [0.15, 0.2) is 11.6 Å². The van der Waals surface area contributed by atoms with Crippen molar-refractivity contribution >= 4 is 34.1 Å². The van der Waals surface area contributed by atoms with Crippen molar-refractivity contribution in [3.63, 3.8) is 0 Å². The van der Waals surface area contributed by atoms with Crippen molar-refractivity contribution in [2.75, 3.05) is 31.6 Å². The molecule has 2 N–H and O–H groups in total. The summed E-state index contributed by atoms with van der Waals surface area (Å²) in [4.78, 5) is 13.0. The second kappa shape index (κ2) is 9.40. The zero-order chi connectivity index (χ0) is 21.9. The summed E-state index contributed by atoms with van der Waals surface area (Å²) < 4.78 is 32.1. The minimum Gasteiger partial charge on any atom is -0.489 e. The lowest BCUT2D eigenvalue weighted by atomic mass is 10.2. The van der Waals surface area contributed by atoms with E-state index in [2.05, 4.69) is 25.6 Å². The van der Waals surface area contributed by atoms with Crippen LogP contribution in [0.2, 0.25) is 5.02 Å². The number of anilines is 2. The highest BCUT2D eigenvalue weighted by Gasteiger charge is 2.20. The summed E-state index contributed by atoms with van der Waals surface area (Å²) in [5, 5.41) is 6.13. The zero-order valence-electron chi connectivity index (χ0n) is 17.3. The molecule has 0 unspecified atom stereocenters. The van der Waals surface area contributed by atoms with Crippen LogP contribution in [-0.2, 0) is 4.74 Å². The minimum atomic E-state index is -0.632. The number of hydrogen-bond donors (Lipinski definition) is 2. The van der Waals surface area contributed by atoms with E-state index in [1.54, 1.807) is 24.3 Å². The molecule has 0 radical (unpaired) electrons. The van der Waals surface area contributed by atoms with Gasteiger partial charge < -0.3 is 24.8 Å². The third kappa shape index (κ3) is 4.55. The summed E-state index contributed by atoms with van der Waals surface area (Å²) >= 11 is 6.23. The Morgan fingerprint density at radius 3 is 2.97 bits per heavy atom. The number of halogens is 2. The van der Waals surface area contributed by atoms with E-state index >= 15 is 0 Å². The molecular formula is C22H23ClFN5O3. The maximum absolute atomic E-state index is 15.0. The second-order valence-electron chi connectivity index (χ2n) is 7.78. The monoisotopic (exact) mass is 459 g/mol. The smallest absolute Gasteiger partial charge is 0.214 e. The van der Waals surface area contributed by atoms with Crippen molar-refractivity contribution in [1.29, 1.82) is 0 Å². The summed E-state index contributed by atoms with van der Waals surface area (Å²) in [6, 6.07) is 6.76. The van der Waals surface area contributed by atoms with Crippen LogP contribution in [0.15, 0.2) is 30.6 Å². The normalized spacial score (nSPS) is 20.6. The maximum atomic E-state index is 15.0. The van der Waals surface area contributed by atoms with Gasteiger partial charge in [-0.25, -0.2) is 19.3 Å². The first-order chi connectivity index (χ1) is 15.7. The van der Waals surface area contributed by atoms with Gasteiger partial charge in [-0.2, -0.15) is 0 Å². The molecule has 2 saturated heterocycles. The highest BCUT2D eigenvalue weighted by atomic mass is 35.5. The lowest BCUT2D eigenvalue weighted by Crippen LogP contribution is -2.20. The SMILES string of the molecule is Fc1c(Nc2ncnc3ccc(O[C@H]4CCNC4)nc23)ccc(OC[C@@H]2CCCO2)c1Cl. The first-order valence-corrected chi connectivity index (χ1v) is 11.0. The first-order valence-electron chi connectivity index (χ1n) is 10.7. The van der Waals surface area contributed by atoms with Crippen molar-refractivity contribution < 1.29 is 18.6 Å². The van der Waals surface area contributed by atoms with Crippen molar-refractivity contribution in [3.8, 4) is 11.6 Å². The Morgan fingerprint density at radius 1 is 1.22 bits per heavy atom. The van der Waals surface area contributed by atoms with Crippen LogP contribution < -0.4 is 20.1 Å². The summed E-state index contributed by atoms with van der Waals surface area (Å²) in [6.07, 6.45) is 4.33. The summed E-state index contributed by atoms with van der Waals surface area (Å²) in [7, 11) is 0. The number of rotatable bonds is 7. The number of benzene rings is 1. The van der Waals surface area contributed by atoms with Crippen LogP contribution >= 0.6 is 11.6 Å². The molecule has 2 aromatic heterocycles. The first kappa shape index (κ1) is 21.1. The Balaban J connectivity index is 1.36. The van der Waals surface area contributed by atoms with Gasteiger partial charge >= 0.3 is 0 Å². The van der Waals surface area contributed by atoms with Gasteiger partial charge in [0.1, 0.15) is 35.3 Å². The number of ether oxygens (including phenoxy) is 3. The Labute approximate surface area is 189 Å². The molecule has 0 bridgehead atoms. The van der Waals surface area contributed by atoms with Gasteiger partial charge in [-0.15, -0.1) is 0 Å². The van der Waals surface area contributed by atoms with E-state index in [0.717, 1.165) is 39.0 Å². The highest BCUT2D eigenvalue weighted by Crippen LogP contribution is 2.34. The Kier molecular flexibility index (Phi) is 6.20. The minimum absolute atomic E-state index is 0.0156. The fraction of sp³-hybridized carbons (Fsp3) is 0.409. The third-order valence-corrected chi connectivity index (χ3v) is 5.86. The molecule has 168 valence electrons. The standard InChI is InChI=1S/C22H23ClFN5O3/c23-19-17(31-11-14-2-1-9-30-14)5-3-15(20(19)24)28-22-21-16(26-12-27-22)4-6-18(29-21)32-13-7-8-25-10-13/h3-6,12-14,25H,1-2,7-11H2,(H,26,27,28)/t13-,14-/m0/s1. The van der Waals surface area contributed by atoms with Gasteiger partial charge in [0.05, 0.1) is 17.3 Å². The molecule has 10 heteroatoms. The van der Waals surface area contributed by atoms with Gasteiger partial charge in [0.25, 0.3) is 0 Å². The lowest BCUT2D eigenvalue weighted by molar-refractivity contribution is 0.0679. The van der Waals surface area contributed by atoms with Gasteiger partial charge in [0, 0.05) is 19.2 Å². The second-order valence-corrected chi connectivity index (χ2v) is 8.16. The van der Waals surface area contributed by atoms with E-state index in [0.29, 0.717) is 29.3 Å². The summed E-state index contributed by atoms with van der Waals surface area (Å²) in [5.41, 5.74) is 1.25. The lowest BCUT2D eigenvalue weighted by Gasteiger charge is -2.15. The van der Waals surface area contributed by atoms with Crippen LogP contribution in [0.4, 0.5) is 15.9 Å². The van der Waals surface area contributed by atoms with Crippen molar-refractivity contribution in [3.05, 3.63) is 41.4 Å². The van der Waals surface area contributed by atoms with Gasteiger partial charge in [-0.05, 0) is 44.0 Å². The molecule has 5 rings (SSSR count). The van der Waals surface area contributed by atoms with Crippen molar-refractivity contribution in [2.45, 2.75) is 31.5 Å². The van der Waals surface area contributed by atoms with E-state index in [9.17, 15) is 4.39 Å². The molecule has 0 saturated carbocycles. The van der Waals surface area contributed by atoms with Crippen molar-refractivity contribution in [2.24, 2.45) is 0 Å². The predicted octanol–water partition coefficient (Wildman–Crippen LogP) is 3.86. The quantitative estimate of drug-likeness (QED) is 0.550. The molecule has 2 atom stereocenters.